The van der Waals surface area contributed by atoms with E-state index in [2.05, 4.69) is 5.32 Å². The Bertz CT molecular complexity index is 433. The third-order valence-corrected chi connectivity index (χ3v) is 2.68. The lowest BCUT2D eigenvalue weighted by Gasteiger charge is -2.08. The van der Waals surface area contributed by atoms with E-state index in [0.717, 1.165) is 12.0 Å². The van der Waals surface area contributed by atoms with Crippen LogP contribution in [0.1, 0.15) is 25.0 Å². The molecule has 5 heteroatoms. The van der Waals surface area contributed by atoms with Crippen molar-refractivity contribution in [2.45, 2.75) is 19.4 Å². The summed E-state index contributed by atoms with van der Waals surface area (Å²) in [6.07, 6.45) is 0.331. The Morgan fingerprint density at radius 3 is 3.22 bits per heavy atom. The zero-order chi connectivity index (χ0) is 13.0. The smallest absolute Gasteiger partial charge is 0.257 e. The Balaban J connectivity index is 1.89. The van der Waals surface area contributed by atoms with E-state index in [-0.39, 0.29) is 19.1 Å². The number of benzene rings is 1. The second-order valence-corrected chi connectivity index (χ2v) is 4.17. The highest BCUT2D eigenvalue weighted by Gasteiger charge is 2.22. The van der Waals surface area contributed by atoms with Gasteiger partial charge in [-0.15, -0.1) is 0 Å². The van der Waals surface area contributed by atoms with Gasteiger partial charge in [0.1, 0.15) is 24.2 Å². The molecule has 2 N–H and O–H groups in total. The van der Waals surface area contributed by atoms with Gasteiger partial charge in [-0.2, -0.15) is 0 Å². The molecular formula is C13H17NO4. The van der Waals surface area contributed by atoms with Crippen molar-refractivity contribution in [2.75, 3.05) is 19.8 Å². The minimum Gasteiger partial charge on any atom is -0.490 e. The van der Waals surface area contributed by atoms with Gasteiger partial charge in [0.25, 0.3) is 5.91 Å². The van der Waals surface area contributed by atoms with Gasteiger partial charge in [-0.25, -0.2) is 0 Å². The fraction of sp³-hybridized carbons (Fsp3) is 0.462. The number of carbonyl (C=O) groups is 1. The number of hydrogen-bond donors (Lipinski definition) is 2. The quantitative estimate of drug-likeness (QED) is 0.819. The maximum atomic E-state index is 11.4. The molecule has 1 aliphatic heterocycles. The third-order valence-electron chi connectivity index (χ3n) is 2.68. The second kappa shape index (κ2) is 5.73. The summed E-state index contributed by atoms with van der Waals surface area (Å²) in [5, 5.41) is 12.3. The molecule has 1 amide bonds. The van der Waals surface area contributed by atoms with E-state index >= 15 is 0 Å². The maximum absolute atomic E-state index is 11.4. The van der Waals surface area contributed by atoms with Crippen molar-refractivity contribution in [1.29, 1.82) is 0 Å². The van der Waals surface area contributed by atoms with Crippen molar-refractivity contribution in [2.24, 2.45) is 0 Å². The SMILES string of the molecule is CCCNC(=O)COc1ccc2c(c1)OCC2O. The number of hydrogen-bond acceptors (Lipinski definition) is 4. The van der Waals surface area contributed by atoms with Crippen LogP contribution in [0, 0.1) is 0 Å². The van der Waals surface area contributed by atoms with Crippen molar-refractivity contribution < 1.29 is 19.4 Å². The highest BCUT2D eigenvalue weighted by molar-refractivity contribution is 5.77. The van der Waals surface area contributed by atoms with Crippen LogP contribution in [0.3, 0.4) is 0 Å². The highest BCUT2D eigenvalue weighted by atomic mass is 16.5. The number of carbonyl (C=O) groups excluding carboxylic acids is 1. The number of ether oxygens (including phenoxy) is 2. The van der Waals surface area contributed by atoms with Crippen LogP contribution in [0.15, 0.2) is 18.2 Å². The lowest BCUT2D eigenvalue weighted by atomic mass is 10.1. The second-order valence-electron chi connectivity index (χ2n) is 4.17. The molecule has 1 unspecified atom stereocenters. The van der Waals surface area contributed by atoms with Gasteiger partial charge in [-0.1, -0.05) is 6.92 Å². The predicted molar refractivity (Wildman–Crippen MR) is 65.7 cm³/mol. The molecule has 2 rings (SSSR count). The highest BCUT2D eigenvalue weighted by Crippen LogP contribution is 2.34. The van der Waals surface area contributed by atoms with Crippen molar-refractivity contribution >= 4 is 5.91 Å². The van der Waals surface area contributed by atoms with Gasteiger partial charge in [0, 0.05) is 18.2 Å². The van der Waals surface area contributed by atoms with E-state index in [1.54, 1.807) is 18.2 Å². The summed E-state index contributed by atoms with van der Waals surface area (Å²) in [6, 6.07) is 5.18. The van der Waals surface area contributed by atoms with Crippen molar-refractivity contribution in [3.63, 3.8) is 0 Å². The van der Waals surface area contributed by atoms with E-state index in [1.165, 1.54) is 0 Å². The number of nitrogens with one attached hydrogen (secondary N) is 1. The minimum atomic E-state index is -0.568. The first kappa shape index (κ1) is 12.7. The summed E-state index contributed by atoms with van der Waals surface area (Å²) in [5.74, 6) is 1.04. The number of rotatable bonds is 5. The molecule has 1 aromatic rings. The topological polar surface area (TPSA) is 67.8 Å². The molecule has 0 bridgehead atoms. The molecule has 5 nitrogen and oxygen atoms in total. The van der Waals surface area contributed by atoms with Crippen LogP contribution in [0.25, 0.3) is 0 Å². The molecular weight excluding hydrogens is 234 g/mol. The van der Waals surface area contributed by atoms with Crippen LogP contribution in [-0.4, -0.2) is 30.8 Å². The molecule has 0 aliphatic carbocycles. The molecule has 0 saturated carbocycles. The van der Waals surface area contributed by atoms with Gasteiger partial charge in [0.15, 0.2) is 6.61 Å². The van der Waals surface area contributed by atoms with E-state index in [9.17, 15) is 9.90 Å². The third kappa shape index (κ3) is 2.92. The van der Waals surface area contributed by atoms with Gasteiger partial charge < -0.3 is 19.9 Å². The molecule has 98 valence electrons. The van der Waals surface area contributed by atoms with Crippen LogP contribution in [0.5, 0.6) is 11.5 Å². The normalized spacial score (nSPS) is 16.9. The standard InChI is InChI=1S/C13H17NO4/c1-2-5-14-13(16)8-17-9-3-4-10-11(15)7-18-12(10)6-9/h3-4,6,11,15H,2,5,7-8H2,1H3,(H,14,16). The summed E-state index contributed by atoms with van der Waals surface area (Å²) >= 11 is 0. The molecule has 0 saturated heterocycles. The Morgan fingerprint density at radius 2 is 2.44 bits per heavy atom. The Hall–Kier alpha value is -1.75. The van der Waals surface area contributed by atoms with Crippen LogP contribution in [0.4, 0.5) is 0 Å². The lowest BCUT2D eigenvalue weighted by molar-refractivity contribution is -0.123. The van der Waals surface area contributed by atoms with Crippen molar-refractivity contribution in [1.82, 2.24) is 5.32 Å². The minimum absolute atomic E-state index is 0.0126. The lowest BCUT2D eigenvalue weighted by Crippen LogP contribution is -2.29. The average Bonchev–Trinajstić information content (AvgIpc) is 2.75. The monoisotopic (exact) mass is 251 g/mol. The Morgan fingerprint density at radius 1 is 1.61 bits per heavy atom. The molecule has 0 spiro atoms. The first-order valence-corrected chi connectivity index (χ1v) is 6.05. The largest absolute Gasteiger partial charge is 0.490 e. The van der Waals surface area contributed by atoms with Gasteiger partial charge in [-0.05, 0) is 18.6 Å². The fourth-order valence-electron chi connectivity index (χ4n) is 1.73. The van der Waals surface area contributed by atoms with Crippen LogP contribution in [-0.2, 0) is 4.79 Å². The average molecular weight is 251 g/mol. The van der Waals surface area contributed by atoms with Gasteiger partial charge >= 0.3 is 0 Å². The van der Waals surface area contributed by atoms with Gasteiger partial charge in [-0.3, -0.25) is 4.79 Å². The van der Waals surface area contributed by atoms with E-state index in [1.807, 2.05) is 6.92 Å². The number of aliphatic hydroxyl groups excluding tert-OH is 1. The molecule has 1 aromatic carbocycles. The molecule has 0 radical (unpaired) electrons. The summed E-state index contributed by atoms with van der Waals surface area (Å²) in [6.45, 7) is 2.91. The molecule has 1 atom stereocenters. The van der Waals surface area contributed by atoms with Crippen LogP contribution >= 0.6 is 0 Å². The van der Waals surface area contributed by atoms with E-state index < -0.39 is 6.10 Å². The van der Waals surface area contributed by atoms with Crippen LogP contribution in [0.2, 0.25) is 0 Å². The van der Waals surface area contributed by atoms with E-state index in [0.29, 0.717) is 18.0 Å². The van der Waals surface area contributed by atoms with E-state index in [4.69, 9.17) is 9.47 Å². The number of fused-ring (bicyclic) bond motifs is 1. The maximum Gasteiger partial charge on any atom is 0.257 e. The summed E-state index contributed by atoms with van der Waals surface area (Å²) in [5.41, 5.74) is 0.762. The Labute approximate surface area is 106 Å². The van der Waals surface area contributed by atoms with Crippen molar-refractivity contribution in [3.8, 4) is 11.5 Å². The molecule has 18 heavy (non-hydrogen) atoms. The van der Waals surface area contributed by atoms with Gasteiger partial charge in [0.05, 0.1) is 0 Å². The van der Waals surface area contributed by atoms with Gasteiger partial charge in [0.2, 0.25) is 0 Å². The molecule has 1 heterocycles. The zero-order valence-electron chi connectivity index (χ0n) is 10.3. The Kier molecular flexibility index (Phi) is 4.04. The predicted octanol–water partition coefficient (Wildman–Crippen LogP) is 1.02. The van der Waals surface area contributed by atoms with Crippen molar-refractivity contribution in [3.05, 3.63) is 23.8 Å². The van der Waals surface area contributed by atoms with Crippen LogP contribution < -0.4 is 14.8 Å². The summed E-state index contributed by atoms with van der Waals surface area (Å²) in [7, 11) is 0. The fourth-order valence-corrected chi connectivity index (χ4v) is 1.73. The summed E-state index contributed by atoms with van der Waals surface area (Å²) < 4.78 is 10.6. The number of aliphatic hydroxyl groups is 1. The number of amides is 1. The first-order valence-electron chi connectivity index (χ1n) is 6.05. The summed E-state index contributed by atoms with van der Waals surface area (Å²) in [4.78, 5) is 11.4. The zero-order valence-corrected chi connectivity index (χ0v) is 10.3. The molecule has 0 aromatic heterocycles. The molecule has 0 fully saturated rings. The molecule has 1 aliphatic rings. The first-order chi connectivity index (χ1) is 8.70.